The largest absolute Gasteiger partial charge is 0.435 e. The maximum absolute atomic E-state index is 14.2. The van der Waals surface area contributed by atoms with E-state index in [9.17, 15) is 26.3 Å². The molecule has 0 radical (unpaired) electrons. The van der Waals surface area contributed by atoms with Crippen molar-refractivity contribution < 1.29 is 31.2 Å². The van der Waals surface area contributed by atoms with E-state index in [1.54, 1.807) is 30.3 Å². The van der Waals surface area contributed by atoms with E-state index in [1.165, 1.54) is 0 Å². The average molecular weight is 458 g/mol. The molecule has 1 heterocycles. The third kappa shape index (κ3) is 3.63. The van der Waals surface area contributed by atoms with Crippen LogP contribution in [0.1, 0.15) is 28.7 Å². The summed E-state index contributed by atoms with van der Waals surface area (Å²) in [5, 5.41) is 4.70. The molecule has 0 fully saturated rings. The van der Waals surface area contributed by atoms with Crippen molar-refractivity contribution >= 4 is 28.1 Å². The monoisotopic (exact) mass is 457 g/mol. The van der Waals surface area contributed by atoms with Gasteiger partial charge in [0, 0.05) is 22.6 Å². The number of oxime groups is 1. The Bertz CT molecular complexity index is 1200. The van der Waals surface area contributed by atoms with Crippen molar-refractivity contribution in [3.05, 3.63) is 81.9 Å². The van der Waals surface area contributed by atoms with Crippen molar-refractivity contribution in [3.8, 4) is 0 Å². The molecule has 0 bridgehead atoms. The second kappa shape index (κ2) is 7.15. The zero-order chi connectivity index (χ0) is 22.6. The van der Waals surface area contributed by atoms with Gasteiger partial charge in [0.2, 0.25) is 0 Å². The molecule has 3 aromatic rings. The number of alkyl halides is 6. The fraction of sp³-hybridized carbons (Fsp3) is 0.227. The van der Waals surface area contributed by atoms with Gasteiger partial charge in [0.05, 0.1) is 11.3 Å². The number of hydrogen-bond donors (Lipinski definition) is 0. The highest BCUT2D eigenvalue weighted by Crippen LogP contribution is 2.50. The Morgan fingerprint density at radius 3 is 2.26 bits per heavy atom. The maximum atomic E-state index is 14.2. The predicted octanol–water partition coefficient (Wildman–Crippen LogP) is 7.40. The SMILES string of the molecule is Cc1ccc(C2=NOC(c3cc(Cl)cc(C(F)(F)F)c3)(C(F)(F)F)C2)c2ccccc12. The number of halogens is 7. The molecule has 4 rings (SSSR count). The highest BCUT2D eigenvalue weighted by Gasteiger charge is 2.62. The molecule has 1 unspecified atom stereocenters. The molecular weight excluding hydrogens is 444 g/mol. The number of rotatable bonds is 2. The normalized spacial score (nSPS) is 19.4. The minimum Gasteiger partial charge on any atom is -0.374 e. The van der Waals surface area contributed by atoms with Gasteiger partial charge in [-0.1, -0.05) is 53.2 Å². The summed E-state index contributed by atoms with van der Waals surface area (Å²) in [6.45, 7) is 1.86. The zero-order valence-corrected chi connectivity index (χ0v) is 16.7. The standard InChI is InChI=1S/C22H14ClF6NO/c1-12-6-7-18(17-5-3-2-4-16(12)17)19-11-20(31-30-19,22(27,28)29)13-8-14(21(24,25)26)10-15(23)9-13/h2-10H,11H2,1H3. The second-order valence-corrected chi connectivity index (χ2v) is 7.77. The summed E-state index contributed by atoms with van der Waals surface area (Å²) in [5.74, 6) is 0. The molecule has 1 atom stereocenters. The molecule has 9 heteroatoms. The molecule has 31 heavy (non-hydrogen) atoms. The molecule has 0 spiro atoms. The van der Waals surface area contributed by atoms with Gasteiger partial charge in [-0.3, -0.25) is 0 Å². The number of fused-ring (bicyclic) bond motifs is 1. The third-order valence-electron chi connectivity index (χ3n) is 5.33. The Balaban J connectivity index is 1.84. The summed E-state index contributed by atoms with van der Waals surface area (Å²) in [7, 11) is 0. The van der Waals surface area contributed by atoms with Crippen LogP contribution >= 0.6 is 11.6 Å². The van der Waals surface area contributed by atoms with E-state index < -0.39 is 40.5 Å². The molecule has 0 amide bonds. The van der Waals surface area contributed by atoms with Gasteiger partial charge < -0.3 is 4.84 Å². The van der Waals surface area contributed by atoms with Crippen LogP contribution < -0.4 is 0 Å². The fourth-order valence-electron chi connectivity index (χ4n) is 3.74. The Morgan fingerprint density at radius 1 is 0.935 bits per heavy atom. The number of benzene rings is 3. The van der Waals surface area contributed by atoms with Crippen LogP contribution in [0.5, 0.6) is 0 Å². The van der Waals surface area contributed by atoms with Crippen LogP contribution in [0.3, 0.4) is 0 Å². The van der Waals surface area contributed by atoms with Crippen molar-refractivity contribution in [2.45, 2.75) is 31.3 Å². The van der Waals surface area contributed by atoms with Crippen molar-refractivity contribution in [1.82, 2.24) is 0 Å². The first kappa shape index (κ1) is 21.5. The predicted molar refractivity (Wildman–Crippen MR) is 105 cm³/mol. The van der Waals surface area contributed by atoms with Gasteiger partial charge in [0.25, 0.3) is 5.60 Å². The summed E-state index contributed by atoms with van der Waals surface area (Å²) in [6, 6.07) is 12.3. The molecular formula is C22H14ClF6NO. The van der Waals surface area contributed by atoms with Crippen molar-refractivity contribution in [2.75, 3.05) is 0 Å². The average Bonchev–Trinajstić information content (AvgIpc) is 3.14. The van der Waals surface area contributed by atoms with Crippen molar-refractivity contribution in [2.24, 2.45) is 5.16 Å². The van der Waals surface area contributed by atoms with Crippen LogP contribution in [-0.4, -0.2) is 11.9 Å². The van der Waals surface area contributed by atoms with Gasteiger partial charge in [-0.05, 0) is 41.5 Å². The molecule has 0 N–H and O–H groups in total. The molecule has 1 aliphatic rings. The topological polar surface area (TPSA) is 21.6 Å². The molecule has 2 nitrogen and oxygen atoms in total. The highest BCUT2D eigenvalue weighted by atomic mass is 35.5. The minimum absolute atomic E-state index is 0.0120. The third-order valence-corrected chi connectivity index (χ3v) is 5.55. The van der Waals surface area contributed by atoms with Gasteiger partial charge in [-0.15, -0.1) is 0 Å². The van der Waals surface area contributed by atoms with Crippen LogP contribution in [0.25, 0.3) is 10.8 Å². The zero-order valence-electron chi connectivity index (χ0n) is 15.9. The first-order valence-corrected chi connectivity index (χ1v) is 9.49. The van der Waals surface area contributed by atoms with E-state index in [4.69, 9.17) is 16.4 Å². The number of nitrogens with zero attached hydrogens (tertiary/aromatic N) is 1. The van der Waals surface area contributed by atoms with E-state index in [2.05, 4.69) is 5.16 Å². The summed E-state index contributed by atoms with van der Waals surface area (Å²) in [4.78, 5) is 4.90. The first-order valence-electron chi connectivity index (χ1n) is 9.11. The quantitative estimate of drug-likeness (QED) is 0.367. The van der Waals surface area contributed by atoms with Gasteiger partial charge >= 0.3 is 12.4 Å². The summed E-state index contributed by atoms with van der Waals surface area (Å²) >= 11 is 5.74. The number of hydrogen-bond acceptors (Lipinski definition) is 2. The lowest BCUT2D eigenvalue weighted by Crippen LogP contribution is -2.43. The van der Waals surface area contributed by atoms with Crippen LogP contribution in [0.4, 0.5) is 26.3 Å². The fourth-order valence-corrected chi connectivity index (χ4v) is 3.97. The Hall–Kier alpha value is -2.74. The summed E-state index contributed by atoms with van der Waals surface area (Å²) < 4.78 is 82.2. The van der Waals surface area contributed by atoms with E-state index in [1.807, 2.05) is 13.0 Å². The lowest BCUT2D eigenvalue weighted by atomic mass is 9.84. The van der Waals surface area contributed by atoms with Crippen LogP contribution in [0.2, 0.25) is 5.02 Å². The summed E-state index contributed by atoms with van der Waals surface area (Å²) in [6.07, 6.45) is -10.7. The van der Waals surface area contributed by atoms with E-state index in [-0.39, 0.29) is 5.71 Å². The lowest BCUT2D eigenvalue weighted by Gasteiger charge is -2.30. The first-order chi connectivity index (χ1) is 14.4. The Morgan fingerprint density at radius 2 is 1.61 bits per heavy atom. The lowest BCUT2D eigenvalue weighted by molar-refractivity contribution is -0.276. The molecule has 162 valence electrons. The van der Waals surface area contributed by atoms with E-state index in [0.29, 0.717) is 23.1 Å². The van der Waals surface area contributed by atoms with Gasteiger partial charge in [-0.2, -0.15) is 26.3 Å². The van der Waals surface area contributed by atoms with Gasteiger partial charge in [0.1, 0.15) is 0 Å². The molecule has 3 aromatic carbocycles. The minimum atomic E-state index is -5.05. The van der Waals surface area contributed by atoms with Gasteiger partial charge in [-0.25, -0.2) is 0 Å². The van der Waals surface area contributed by atoms with Crippen molar-refractivity contribution in [3.63, 3.8) is 0 Å². The highest BCUT2D eigenvalue weighted by molar-refractivity contribution is 6.30. The van der Waals surface area contributed by atoms with Crippen LogP contribution in [0, 0.1) is 6.92 Å². The second-order valence-electron chi connectivity index (χ2n) is 7.33. The molecule has 0 aliphatic carbocycles. The van der Waals surface area contributed by atoms with E-state index in [0.717, 1.165) is 17.0 Å². The summed E-state index contributed by atoms with van der Waals surface area (Å²) in [5.41, 5.74) is -3.80. The molecule has 1 aliphatic heterocycles. The smallest absolute Gasteiger partial charge is 0.374 e. The number of aryl methyl sites for hydroxylation is 1. The Labute approximate surface area is 178 Å². The molecule has 0 aromatic heterocycles. The Kier molecular flexibility index (Phi) is 4.96. The molecule has 0 saturated heterocycles. The van der Waals surface area contributed by atoms with Crippen molar-refractivity contribution in [1.29, 1.82) is 0 Å². The van der Waals surface area contributed by atoms with Crippen LogP contribution in [0.15, 0.2) is 59.8 Å². The van der Waals surface area contributed by atoms with E-state index >= 15 is 0 Å². The molecule has 0 saturated carbocycles. The van der Waals surface area contributed by atoms with Gasteiger partial charge in [0.15, 0.2) is 0 Å². The van der Waals surface area contributed by atoms with Crippen LogP contribution in [-0.2, 0) is 16.6 Å². The maximum Gasteiger partial charge on any atom is 0.435 e.